The Balaban J connectivity index is 1.18. The summed E-state index contributed by atoms with van der Waals surface area (Å²) in [5, 5.41) is 2.56. The van der Waals surface area contributed by atoms with Crippen molar-refractivity contribution in [2.45, 2.75) is 12.7 Å². The van der Waals surface area contributed by atoms with Gasteiger partial charge in [-0.1, -0.05) is 42.2 Å². The molecular weight excluding hydrogens is 555 g/mol. The Hall–Kier alpha value is -5.14. The molecule has 0 spiro atoms. The normalized spacial score (nSPS) is 13.6. The average Bonchev–Trinajstić information content (AvgIpc) is 3.01. The number of nitrogens with two attached hydrogens (primary N) is 1. The number of hydrogen-bond acceptors (Lipinski definition) is 5. The Morgan fingerprint density at radius 3 is 2.28 bits per heavy atom. The average molecular weight is 584 g/mol. The lowest BCUT2D eigenvalue weighted by Crippen LogP contribution is -2.48. The number of carbonyl (C=O) groups is 2. The maximum absolute atomic E-state index is 13.8. The van der Waals surface area contributed by atoms with Crippen LogP contribution < -0.4 is 11.1 Å². The lowest BCUT2D eigenvalue weighted by Gasteiger charge is -2.34. The number of alkyl halides is 3. The Morgan fingerprint density at radius 1 is 0.884 bits per heavy atom. The van der Waals surface area contributed by atoms with Gasteiger partial charge in [0.1, 0.15) is 5.82 Å². The van der Waals surface area contributed by atoms with Crippen molar-refractivity contribution in [3.63, 3.8) is 0 Å². The van der Waals surface area contributed by atoms with Gasteiger partial charge in [-0.3, -0.25) is 14.5 Å². The van der Waals surface area contributed by atoms with Crippen LogP contribution in [-0.4, -0.2) is 52.8 Å². The summed E-state index contributed by atoms with van der Waals surface area (Å²) in [6.07, 6.45) is -3.10. The molecule has 1 aliphatic rings. The molecule has 3 aromatic carbocycles. The van der Waals surface area contributed by atoms with Crippen LogP contribution in [-0.2, 0) is 12.7 Å². The molecule has 1 aromatic heterocycles. The van der Waals surface area contributed by atoms with E-state index in [1.165, 1.54) is 12.1 Å². The summed E-state index contributed by atoms with van der Waals surface area (Å²) >= 11 is 0. The number of benzene rings is 3. The highest BCUT2D eigenvalue weighted by molar-refractivity contribution is 6.04. The summed E-state index contributed by atoms with van der Waals surface area (Å²) in [6.45, 7) is 3.05. The van der Waals surface area contributed by atoms with Crippen molar-refractivity contribution in [3.8, 4) is 11.8 Å². The Morgan fingerprint density at radius 2 is 1.60 bits per heavy atom. The number of halogens is 3. The quantitative estimate of drug-likeness (QED) is 0.312. The molecule has 218 valence electrons. The van der Waals surface area contributed by atoms with Crippen molar-refractivity contribution in [2.24, 2.45) is 0 Å². The number of nitrogens with one attached hydrogen (secondary N) is 1. The van der Waals surface area contributed by atoms with Crippen LogP contribution in [0.2, 0.25) is 0 Å². The van der Waals surface area contributed by atoms with E-state index in [1.807, 2.05) is 12.1 Å². The van der Waals surface area contributed by atoms with Crippen LogP contribution in [0.5, 0.6) is 0 Å². The molecule has 43 heavy (non-hydrogen) atoms. The van der Waals surface area contributed by atoms with Crippen molar-refractivity contribution in [2.75, 3.05) is 37.2 Å². The first-order valence-electron chi connectivity index (χ1n) is 13.6. The monoisotopic (exact) mass is 583 g/mol. The van der Waals surface area contributed by atoms with Crippen LogP contribution in [0.4, 0.5) is 24.7 Å². The van der Waals surface area contributed by atoms with E-state index in [1.54, 1.807) is 65.7 Å². The Bertz CT molecular complexity index is 1670. The summed E-state index contributed by atoms with van der Waals surface area (Å²) in [5.74, 6) is 4.89. The number of amides is 2. The van der Waals surface area contributed by atoms with Gasteiger partial charge in [0.25, 0.3) is 11.8 Å². The smallest absolute Gasteiger partial charge is 0.383 e. The number of nitrogens with zero attached hydrogens (tertiary/aromatic N) is 3. The van der Waals surface area contributed by atoms with Crippen LogP contribution in [0.15, 0.2) is 91.1 Å². The highest BCUT2D eigenvalue weighted by Gasteiger charge is 2.33. The van der Waals surface area contributed by atoms with E-state index < -0.39 is 17.6 Å². The third-order valence-electron chi connectivity index (χ3n) is 7.05. The van der Waals surface area contributed by atoms with Gasteiger partial charge in [-0.05, 0) is 60.2 Å². The van der Waals surface area contributed by atoms with E-state index in [4.69, 9.17) is 5.73 Å². The second-order valence-corrected chi connectivity index (χ2v) is 10.0. The van der Waals surface area contributed by atoms with Crippen LogP contribution >= 0.6 is 0 Å². The number of nitrogen functional groups attached to an aromatic ring is 1. The van der Waals surface area contributed by atoms with Crippen molar-refractivity contribution >= 4 is 23.3 Å². The molecule has 0 bridgehead atoms. The third kappa shape index (κ3) is 7.39. The van der Waals surface area contributed by atoms with Gasteiger partial charge in [0.05, 0.1) is 11.1 Å². The lowest BCUT2D eigenvalue weighted by atomic mass is 10.0. The zero-order valence-corrected chi connectivity index (χ0v) is 23.1. The number of aromatic nitrogens is 1. The van der Waals surface area contributed by atoms with E-state index in [0.29, 0.717) is 49.4 Å². The number of piperazine rings is 1. The molecule has 0 unspecified atom stereocenters. The molecule has 1 fully saturated rings. The molecule has 0 atom stereocenters. The minimum Gasteiger partial charge on any atom is -0.383 e. The predicted octanol–water partition coefficient (Wildman–Crippen LogP) is 5.29. The maximum Gasteiger partial charge on any atom is 0.417 e. The van der Waals surface area contributed by atoms with Gasteiger partial charge in [-0.25, -0.2) is 4.98 Å². The van der Waals surface area contributed by atoms with Gasteiger partial charge < -0.3 is 16.0 Å². The molecule has 3 N–H and O–H groups in total. The molecule has 7 nitrogen and oxygen atoms in total. The minimum absolute atomic E-state index is 0.0205. The summed E-state index contributed by atoms with van der Waals surface area (Å²) < 4.78 is 41.4. The van der Waals surface area contributed by atoms with Crippen molar-refractivity contribution < 1.29 is 22.8 Å². The van der Waals surface area contributed by atoms with Crippen molar-refractivity contribution in [1.29, 1.82) is 0 Å². The maximum atomic E-state index is 13.8. The van der Waals surface area contributed by atoms with Gasteiger partial charge >= 0.3 is 6.18 Å². The first kappa shape index (κ1) is 29.4. The number of pyridine rings is 1. The zero-order valence-electron chi connectivity index (χ0n) is 23.1. The Kier molecular flexibility index (Phi) is 8.74. The van der Waals surface area contributed by atoms with E-state index in [2.05, 4.69) is 27.0 Å². The van der Waals surface area contributed by atoms with Gasteiger partial charge in [-0.2, -0.15) is 13.2 Å². The summed E-state index contributed by atoms with van der Waals surface area (Å²) in [6, 6.07) is 22.6. The first-order chi connectivity index (χ1) is 20.7. The van der Waals surface area contributed by atoms with Crippen LogP contribution in [0, 0.1) is 11.8 Å². The molecule has 5 rings (SSSR count). The van der Waals surface area contributed by atoms with Gasteiger partial charge in [0, 0.05) is 61.3 Å². The molecule has 1 saturated heterocycles. The second kappa shape index (κ2) is 12.8. The van der Waals surface area contributed by atoms with Crippen LogP contribution in [0.25, 0.3) is 0 Å². The zero-order chi connectivity index (χ0) is 30.4. The van der Waals surface area contributed by atoms with E-state index >= 15 is 0 Å². The van der Waals surface area contributed by atoms with E-state index in [-0.39, 0.29) is 23.0 Å². The molecule has 0 radical (unpaired) electrons. The van der Waals surface area contributed by atoms with Gasteiger partial charge in [0.2, 0.25) is 0 Å². The number of carbonyl (C=O) groups excluding carboxylic acids is 2. The van der Waals surface area contributed by atoms with Crippen molar-refractivity contribution in [3.05, 3.63) is 125 Å². The van der Waals surface area contributed by atoms with Crippen molar-refractivity contribution in [1.82, 2.24) is 14.8 Å². The molecule has 0 aliphatic carbocycles. The molecule has 2 heterocycles. The topological polar surface area (TPSA) is 91.6 Å². The standard InChI is InChI=1S/C33H28F3N5O2/c34-33(35,36)29-21-27(15-14-25(29)11-8-23-5-2-1-3-6-23)39-31(42)26-12-9-24(10-13-26)22-40-17-19-41(20-18-40)32(43)28-7-4-16-38-30(28)37/h1-7,9-10,12-16,21H,17-20,22H2,(H2,37,38)(H,39,42). The number of rotatable bonds is 5. The minimum atomic E-state index is -4.64. The summed E-state index contributed by atoms with van der Waals surface area (Å²) in [4.78, 5) is 33.5. The molecule has 2 amide bonds. The Labute approximate surface area is 247 Å². The van der Waals surface area contributed by atoms with Gasteiger partial charge in [-0.15, -0.1) is 0 Å². The number of anilines is 2. The second-order valence-electron chi connectivity index (χ2n) is 10.0. The fourth-order valence-corrected chi connectivity index (χ4v) is 4.73. The van der Waals surface area contributed by atoms with Gasteiger partial charge in [0.15, 0.2) is 0 Å². The van der Waals surface area contributed by atoms with E-state index in [9.17, 15) is 22.8 Å². The summed E-state index contributed by atoms with van der Waals surface area (Å²) in [7, 11) is 0. The highest BCUT2D eigenvalue weighted by Crippen LogP contribution is 2.33. The van der Waals surface area contributed by atoms with Crippen LogP contribution in [0.1, 0.15) is 43.0 Å². The lowest BCUT2D eigenvalue weighted by molar-refractivity contribution is -0.137. The molecular formula is C33H28F3N5O2. The first-order valence-corrected chi connectivity index (χ1v) is 13.6. The third-order valence-corrected chi connectivity index (χ3v) is 7.05. The largest absolute Gasteiger partial charge is 0.417 e. The fourth-order valence-electron chi connectivity index (χ4n) is 4.73. The predicted molar refractivity (Wildman–Crippen MR) is 158 cm³/mol. The highest BCUT2D eigenvalue weighted by atomic mass is 19.4. The molecule has 1 aliphatic heterocycles. The van der Waals surface area contributed by atoms with E-state index in [0.717, 1.165) is 11.6 Å². The summed E-state index contributed by atoms with van der Waals surface area (Å²) in [5.41, 5.74) is 7.04. The molecule has 0 saturated carbocycles. The SMILES string of the molecule is Nc1ncccc1C(=O)N1CCN(Cc2ccc(C(=O)Nc3ccc(C#Cc4ccccc4)c(C(F)(F)F)c3)cc2)CC1. The van der Waals surface area contributed by atoms with Crippen LogP contribution in [0.3, 0.4) is 0 Å². The molecule has 10 heteroatoms. The molecule has 4 aromatic rings. The number of hydrogen-bond donors (Lipinski definition) is 2. The fraction of sp³-hybridized carbons (Fsp3) is 0.182.